The van der Waals surface area contributed by atoms with Gasteiger partial charge < -0.3 is 10.4 Å². The SMILES string of the molecule is Cc1nsc(NC(=O)N[C@@H](CC(C)C)C(=O)O)n1. The average Bonchev–Trinajstić information content (AvgIpc) is 2.62. The van der Waals surface area contributed by atoms with E-state index in [4.69, 9.17) is 5.11 Å². The van der Waals surface area contributed by atoms with Gasteiger partial charge in [-0.15, -0.1) is 0 Å². The molecular formula is C10H16N4O3S. The van der Waals surface area contributed by atoms with Crippen molar-refractivity contribution >= 4 is 28.7 Å². The van der Waals surface area contributed by atoms with Gasteiger partial charge in [-0.2, -0.15) is 4.37 Å². The first kappa shape index (κ1) is 14.4. The number of carboxylic acid groups (broad SMARTS) is 1. The second-order valence-electron chi connectivity index (χ2n) is 4.27. The van der Waals surface area contributed by atoms with E-state index in [-0.39, 0.29) is 5.92 Å². The molecule has 1 aromatic rings. The van der Waals surface area contributed by atoms with Crippen molar-refractivity contribution in [3.05, 3.63) is 5.82 Å². The predicted octanol–water partition coefficient (Wildman–Crippen LogP) is 1.47. The van der Waals surface area contributed by atoms with Crippen LogP contribution in [0.4, 0.5) is 9.93 Å². The molecule has 18 heavy (non-hydrogen) atoms. The van der Waals surface area contributed by atoms with Gasteiger partial charge in [0.25, 0.3) is 0 Å². The minimum atomic E-state index is -1.05. The molecule has 0 fully saturated rings. The summed E-state index contributed by atoms with van der Waals surface area (Å²) < 4.78 is 3.90. The Kier molecular flexibility index (Phi) is 5.02. The maximum Gasteiger partial charge on any atom is 0.326 e. The molecule has 0 aliphatic heterocycles. The third kappa shape index (κ3) is 4.66. The Bertz CT molecular complexity index is 433. The van der Waals surface area contributed by atoms with E-state index in [1.54, 1.807) is 6.92 Å². The molecule has 3 N–H and O–H groups in total. The third-order valence-corrected chi connectivity index (χ3v) is 2.78. The van der Waals surface area contributed by atoms with Crippen LogP contribution in [0.3, 0.4) is 0 Å². The van der Waals surface area contributed by atoms with E-state index in [0.29, 0.717) is 17.4 Å². The molecule has 0 saturated carbocycles. The number of hydrogen-bond acceptors (Lipinski definition) is 5. The Morgan fingerprint density at radius 1 is 1.44 bits per heavy atom. The van der Waals surface area contributed by atoms with Gasteiger partial charge in [0.05, 0.1) is 0 Å². The number of urea groups is 1. The van der Waals surface area contributed by atoms with Gasteiger partial charge >= 0.3 is 12.0 Å². The molecule has 0 spiro atoms. The number of nitrogens with zero attached hydrogens (tertiary/aromatic N) is 2. The Balaban J connectivity index is 2.53. The van der Waals surface area contributed by atoms with Crippen LogP contribution in [0.15, 0.2) is 0 Å². The first-order chi connectivity index (χ1) is 8.38. The van der Waals surface area contributed by atoms with Crippen LogP contribution < -0.4 is 10.6 Å². The van der Waals surface area contributed by atoms with Gasteiger partial charge in [-0.25, -0.2) is 14.6 Å². The molecule has 2 amide bonds. The van der Waals surface area contributed by atoms with Crippen molar-refractivity contribution in [1.29, 1.82) is 0 Å². The Labute approximate surface area is 109 Å². The standard InChI is InChI=1S/C10H16N4O3S/c1-5(2)4-7(8(15)16)12-9(17)13-10-11-6(3)14-18-10/h5,7H,4H2,1-3H3,(H,15,16)(H2,11,12,13,14,17)/t7-/m0/s1. The summed E-state index contributed by atoms with van der Waals surface area (Å²) in [6, 6.07) is -1.49. The van der Waals surface area contributed by atoms with E-state index >= 15 is 0 Å². The van der Waals surface area contributed by atoms with Crippen LogP contribution in [0, 0.1) is 12.8 Å². The first-order valence-corrected chi connectivity index (χ1v) is 6.26. The second-order valence-corrected chi connectivity index (χ2v) is 5.02. The van der Waals surface area contributed by atoms with Gasteiger partial charge in [0.1, 0.15) is 11.9 Å². The minimum absolute atomic E-state index is 0.176. The molecule has 0 aliphatic rings. The summed E-state index contributed by atoms with van der Waals surface area (Å²) in [5.41, 5.74) is 0. The highest BCUT2D eigenvalue weighted by atomic mass is 32.1. The van der Waals surface area contributed by atoms with Crippen LogP contribution in [-0.2, 0) is 4.79 Å². The fourth-order valence-electron chi connectivity index (χ4n) is 1.33. The predicted molar refractivity (Wildman–Crippen MR) is 67.7 cm³/mol. The average molecular weight is 272 g/mol. The van der Waals surface area contributed by atoms with E-state index < -0.39 is 18.0 Å². The molecule has 1 atom stereocenters. The topological polar surface area (TPSA) is 104 Å². The lowest BCUT2D eigenvalue weighted by molar-refractivity contribution is -0.139. The number of amides is 2. The molecule has 0 bridgehead atoms. The molecule has 0 radical (unpaired) electrons. The van der Waals surface area contributed by atoms with Crippen molar-refractivity contribution in [1.82, 2.24) is 14.7 Å². The van der Waals surface area contributed by atoms with Gasteiger partial charge in [0, 0.05) is 11.5 Å². The number of carboxylic acids is 1. The van der Waals surface area contributed by atoms with E-state index in [0.717, 1.165) is 11.5 Å². The molecule has 1 rings (SSSR count). The highest BCUT2D eigenvalue weighted by Crippen LogP contribution is 2.10. The summed E-state index contributed by atoms with van der Waals surface area (Å²) in [7, 11) is 0. The summed E-state index contributed by atoms with van der Waals surface area (Å²) >= 11 is 1.05. The van der Waals surface area contributed by atoms with Crippen LogP contribution in [0.1, 0.15) is 26.1 Å². The Hall–Kier alpha value is -1.70. The molecule has 100 valence electrons. The van der Waals surface area contributed by atoms with E-state index in [1.165, 1.54) is 0 Å². The molecule has 7 nitrogen and oxygen atoms in total. The number of carbonyl (C=O) groups is 2. The fraction of sp³-hybridized carbons (Fsp3) is 0.600. The fourth-order valence-corrected chi connectivity index (χ4v) is 1.90. The maximum absolute atomic E-state index is 11.6. The van der Waals surface area contributed by atoms with Crippen molar-refractivity contribution in [2.75, 3.05) is 5.32 Å². The van der Waals surface area contributed by atoms with Crippen molar-refractivity contribution in [2.45, 2.75) is 33.2 Å². The molecule has 0 aromatic carbocycles. The zero-order chi connectivity index (χ0) is 13.7. The highest BCUT2D eigenvalue weighted by molar-refractivity contribution is 7.09. The first-order valence-electron chi connectivity index (χ1n) is 5.49. The summed E-state index contributed by atoms with van der Waals surface area (Å²) in [5, 5.41) is 14.2. The smallest absolute Gasteiger partial charge is 0.326 e. The quantitative estimate of drug-likeness (QED) is 0.753. The van der Waals surface area contributed by atoms with Crippen LogP contribution in [0.2, 0.25) is 0 Å². The summed E-state index contributed by atoms with van der Waals surface area (Å²) in [4.78, 5) is 26.5. The number of carbonyl (C=O) groups excluding carboxylic acids is 1. The Morgan fingerprint density at radius 2 is 2.11 bits per heavy atom. The lowest BCUT2D eigenvalue weighted by Crippen LogP contribution is -2.43. The number of nitrogens with one attached hydrogen (secondary N) is 2. The van der Waals surface area contributed by atoms with E-state index in [1.807, 2.05) is 13.8 Å². The highest BCUT2D eigenvalue weighted by Gasteiger charge is 2.21. The zero-order valence-electron chi connectivity index (χ0n) is 10.4. The van der Waals surface area contributed by atoms with Crippen LogP contribution in [-0.4, -0.2) is 32.5 Å². The molecule has 0 aliphatic carbocycles. The van der Waals surface area contributed by atoms with Gasteiger partial charge in [0.15, 0.2) is 0 Å². The summed E-state index contributed by atoms with van der Waals surface area (Å²) in [6.45, 7) is 5.49. The lowest BCUT2D eigenvalue weighted by atomic mass is 10.0. The Morgan fingerprint density at radius 3 is 2.56 bits per heavy atom. The largest absolute Gasteiger partial charge is 0.480 e. The van der Waals surface area contributed by atoms with Gasteiger partial charge in [-0.1, -0.05) is 13.8 Å². The maximum atomic E-state index is 11.6. The third-order valence-electron chi connectivity index (χ3n) is 2.06. The second kappa shape index (κ2) is 6.29. The number of aromatic nitrogens is 2. The monoisotopic (exact) mass is 272 g/mol. The van der Waals surface area contributed by atoms with Gasteiger partial charge in [0.2, 0.25) is 5.13 Å². The molecular weight excluding hydrogens is 256 g/mol. The number of aliphatic carboxylic acids is 1. The van der Waals surface area contributed by atoms with Crippen molar-refractivity contribution in [3.63, 3.8) is 0 Å². The van der Waals surface area contributed by atoms with Crippen molar-refractivity contribution in [2.24, 2.45) is 5.92 Å². The van der Waals surface area contributed by atoms with Gasteiger partial charge in [-0.3, -0.25) is 5.32 Å². The number of rotatable bonds is 5. The van der Waals surface area contributed by atoms with Gasteiger partial charge in [-0.05, 0) is 19.3 Å². The van der Waals surface area contributed by atoms with E-state index in [2.05, 4.69) is 20.0 Å². The molecule has 0 unspecified atom stereocenters. The van der Waals surface area contributed by atoms with Crippen LogP contribution >= 0.6 is 11.5 Å². The molecule has 1 heterocycles. The van der Waals surface area contributed by atoms with Crippen LogP contribution in [0.25, 0.3) is 0 Å². The van der Waals surface area contributed by atoms with Crippen molar-refractivity contribution in [3.8, 4) is 0 Å². The minimum Gasteiger partial charge on any atom is -0.480 e. The molecule has 1 aromatic heterocycles. The number of aryl methyl sites for hydroxylation is 1. The molecule has 8 heteroatoms. The number of anilines is 1. The normalized spacial score (nSPS) is 12.2. The summed E-state index contributed by atoms with van der Waals surface area (Å²) in [5.74, 6) is -0.310. The molecule has 0 saturated heterocycles. The summed E-state index contributed by atoms with van der Waals surface area (Å²) in [6.07, 6.45) is 0.373. The van der Waals surface area contributed by atoms with Crippen molar-refractivity contribution < 1.29 is 14.7 Å². The zero-order valence-corrected chi connectivity index (χ0v) is 11.2. The van der Waals surface area contributed by atoms with E-state index in [9.17, 15) is 9.59 Å². The van der Waals surface area contributed by atoms with Crippen LogP contribution in [0.5, 0.6) is 0 Å². The number of hydrogen-bond donors (Lipinski definition) is 3. The lowest BCUT2D eigenvalue weighted by Gasteiger charge is -2.16.